The number of ether oxygens (including phenoxy) is 3. The summed E-state index contributed by atoms with van der Waals surface area (Å²) in [5.74, 6) is 1.03. The summed E-state index contributed by atoms with van der Waals surface area (Å²) in [6.07, 6.45) is 1.74. The van der Waals surface area contributed by atoms with Gasteiger partial charge in [-0.1, -0.05) is 38.1 Å². The van der Waals surface area contributed by atoms with Gasteiger partial charge in [0.2, 0.25) is 5.78 Å². The minimum atomic E-state index is -0.442. The van der Waals surface area contributed by atoms with Gasteiger partial charge in [-0.3, -0.25) is 4.79 Å². The Morgan fingerprint density at radius 2 is 1.89 bits per heavy atom. The molecule has 0 spiro atoms. The van der Waals surface area contributed by atoms with E-state index in [4.69, 9.17) is 14.2 Å². The Kier molecular flexibility index (Phi) is 5.83. The molecule has 0 unspecified atom stereocenters. The van der Waals surface area contributed by atoms with Gasteiger partial charge >= 0.3 is 5.97 Å². The van der Waals surface area contributed by atoms with Gasteiger partial charge in [0.15, 0.2) is 12.4 Å². The quantitative estimate of drug-likeness (QED) is 0.538. The van der Waals surface area contributed by atoms with Gasteiger partial charge < -0.3 is 14.2 Å². The van der Waals surface area contributed by atoms with Crippen molar-refractivity contribution in [1.82, 2.24) is 0 Å². The number of benzene rings is 2. The number of allylic oxidation sites excluding steroid dienone is 1. The summed E-state index contributed by atoms with van der Waals surface area (Å²) in [6, 6.07) is 11.4. The van der Waals surface area contributed by atoms with E-state index in [-0.39, 0.29) is 18.1 Å². The molecular weight excluding hydrogens is 356 g/mol. The summed E-state index contributed by atoms with van der Waals surface area (Å²) in [6.45, 7) is 7.94. The highest BCUT2D eigenvalue weighted by atomic mass is 16.6. The average molecular weight is 380 g/mol. The lowest BCUT2D eigenvalue weighted by atomic mass is 10.0. The van der Waals surface area contributed by atoms with Crippen molar-refractivity contribution in [1.29, 1.82) is 0 Å². The third-order valence-corrected chi connectivity index (χ3v) is 4.51. The molecule has 0 aliphatic carbocycles. The second-order valence-corrected chi connectivity index (χ2v) is 6.97. The molecule has 1 aliphatic rings. The van der Waals surface area contributed by atoms with Gasteiger partial charge in [0.25, 0.3) is 0 Å². The maximum atomic E-state index is 12.8. The van der Waals surface area contributed by atoms with Crippen LogP contribution in [-0.2, 0) is 9.53 Å². The smallest absolute Gasteiger partial charge is 0.344 e. The molecule has 0 atom stereocenters. The van der Waals surface area contributed by atoms with Crippen LogP contribution in [0.5, 0.6) is 11.5 Å². The van der Waals surface area contributed by atoms with E-state index in [1.165, 1.54) is 5.56 Å². The Labute approximate surface area is 164 Å². The van der Waals surface area contributed by atoms with Gasteiger partial charge in [-0.05, 0) is 48.6 Å². The monoisotopic (exact) mass is 380 g/mol. The van der Waals surface area contributed by atoms with E-state index in [0.717, 1.165) is 11.1 Å². The molecule has 3 rings (SSSR count). The Bertz CT molecular complexity index is 923. The summed E-state index contributed by atoms with van der Waals surface area (Å²) in [5, 5.41) is 0. The minimum absolute atomic E-state index is 0.155. The minimum Gasteiger partial charge on any atom is -0.482 e. The standard InChI is InChI=1S/C23H24O5/c1-5-26-21(24)13-27-18-10-15(4)22-19(12-18)28-20(23(22)25)11-16-6-8-17(9-7-16)14(2)3/h6-12,14H,5,13H2,1-4H3/b20-11-. The van der Waals surface area contributed by atoms with E-state index >= 15 is 0 Å². The predicted octanol–water partition coefficient (Wildman–Crippen LogP) is 4.68. The van der Waals surface area contributed by atoms with Crippen LogP contribution in [0.25, 0.3) is 6.08 Å². The van der Waals surface area contributed by atoms with Crippen LogP contribution in [0.4, 0.5) is 0 Å². The Hall–Kier alpha value is -3.08. The van der Waals surface area contributed by atoms with Crippen LogP contribution in [0.15, 0.2) is 42.2 Å². The molecule has 1 aliphatic heterocycles. The number of fused-ring (bicyclic) bond motifs is 1. The van der Waals surface area contributed by atoms with Gasteiger partial charge in [-0.25, -0.2) is 4.79 Å². The number of carbonyl (C=O) groups excluding carboxylic acids is 2. The summed E-state index contributed by atoms with van der Waals surface area (Å²) < 4.78 is 16.1. The largest absolute Gasteiger partial charge is 0.482 e. The predicted molar refractivity (Wildman–Crippen MR) is 107 cm³/mol. The van der Waals surface area contributed by atoms with Gasteiger partial charge in [0, 0.05) is 6.07 Å². The lowest BCUT2D eigenvalue weighted by Gasteiger charge is -2.08. The Morgan fingerprint density at radius 1 is 1.18 bits per heavy atom. The number of hydrogen-bond donors (Lipinski definition) is 0. The zero-order valence-electron chi connectivity index (χ0n) is 16.6. The first kappa shape index (κ1) is 19.7. The molecule has 0 radical (unpaired) electrons. The topological polar surface area (TPSA) is 61.8 Å². The summed E-state index contributed by atoms with van der Waals surface area (Å²) in [5.41, 5.74) is 3.40. The molecule has 0 aromatic heterocycles. The molecule has 0 fully saturated rings. The molecule has 28 heavy (non-hydrogen) atoms. The Morgan fingerprint density at radius 3 is 2.54 bits per heavy atom. The van der Waals surface area contributed by atoms with E-state index in [0.29, 0.717) is 29.6 Å². The van der Waals surface area contributed by atoms with Crippen molar-refractivity contribution >= 4 is 17.8 Å². The van der Waals surface area contributed by atoms with Gasteiger partial charge in [-0.2, -0.15) is 0 Å². The first-order valence-corrected chi connectivity index (χ1v) is 9.36. The zero-order valence-corrected chi connectivity index (χ0v) is 16.6. The van der Waals surface area contributed by atoms with E-state index < -0.39 is 5.97 Å². The molecule has 5 nitrogen and oxygen atoms in total. The third kappa shape index (κ3) is 4.25. The Balaban J connectivity index is 1.79. The normalized spacial score (nSPS) is 14.2. The number of carbonyl (C=O) groups is 2. The molecule has 5 heteroatoms. The molecule has 2 aromatic carbocycles. The molecular formula is C23H24O5. The zero-order chi connectivity index (χ0) is 20.3. The summed E-state index contributed by atoms with van der Waals surface area (Å²) in [7, 11) is 0. The number of hydrogen-bond acceptors (Lipinski definition) is 5. The number of aryl methyl sites for hydroxylation is 1. The fourth-order valence-corrected chi connectivity index (χ4v) is 3.03. The van der Waals surface area contributed by atoms with E-state index in [9.17, 15) is 9.59 Å². The van der Waals surface area contributed by atoms with Crippen molar-refractivity contribution < 1.29 is 23.8 Å². The van der Waals surface area contributed by atoms with E-state index in [1.54, 1.807) is 25.1 Å². The third-order valence-electron chi connectivity index (χ3n) is 4.51. The van der Waals surface area contributed by atoms with E-state index in [2.05, 4.69) is 26.0 Å². The highest BCUT2D eigenvalue weighted by Crippen LogP contribution is 2.37. The molecule has 2 aromatic rings. The van der Waals surface area contributed by atoms with Gasteiger partial charge in [0.05, 0.1) is 12.2 Å². The molecule has 0 N–H and O–H groups in total. The molecule has 0 bridgehead atoms. The van der Waals surface area contributed by atoms with Crippen molar-refractivity contribution in [3.8, 4) is 11.5 Å². The number of Topliss-reactive ketones (excluding diaryl/α,β-unsaturated/α-hetero) is 1. The fourth-order valence-electron chi connectivity index (χ4n) is 3.03. The summed E-state index contributed by atoms with van der Waals surface area (Å²) in [4.78, 5) is 24.2. The van der Waals surface area contributed by atoms with Crippen LogP contribution in [-0.4, -0.2) is 25.0 Å². The van der Waals surface area contributed by atoms with E-state index in [1.807, 2.05) is 19.1 Å². The highest BCUT2D eigenvalue weighted by molar-refractivity contribution is 6.15. The van der Waals surface area contributed by atoms with Crippen molar-refractivity contribution in [2.24, 2.45) is 0 Å². The van der Waals surface area contributed by atoms with Crippen LogP contribution in [0.1, 0.15) is 53.7 Å². The van der Waals surface area contributed by atoms with Crippen LogP contribution < -0.4 is 9.47 Å². The van der Waals surface area contributed by atoms with Gasteiger partial charge in [-0.15, -0.1) is 0 Å². The van der Waals surface area contributed by atoms with Crippen LogP contribution in [0, 0.1) is 6.92 Å². The first-order chi connectivity index (χ1) is 13.4. The first-order valence-electron chi connectivity index (χ1n) is 9.36. The van der Waals surface area contributed by atoms with Crippen molar-refractivity contribution in [3.63, 3.8) is 0 Å². The molecule has 0 saturated carbocycles. The lowest BCUT2D eigenvalue weighted by Crippen LogP contribution is -2.14. The average Bonchev–Trinajstić information content (AvgIpc) is 2.96. The molecule has 0 amide bonds. The second-order valence-electron chi connectivity index (χ2n) is 6.97. The molecule has 146 valence electrons. The number of esters is 1. The number of rotatable bonds is 6. The fraction of sp³-hybridized carbons (Fsp3) is 0.304. The van der Waals surface area contributed by atoms with Gasteiger partial charge in [0.1, 0.15) is 11.5 Å². The van der Waals surface area contributed by atoms with Crippen molar-refractivity contribution in [3.05, 3.63) is 64.4 Å². The number of ketones is 1. The van der Waals surface area contributed by atoms with Crippen molar-refractivity contribution in [2.75, 3.05) is 13.2 Å². The van der Waals surface area contributed by atoms with Crippen LogP contribution in [0.2, 0.25) is 0 Å². The van der Waals surface area contributed by atoms with Crippen LogP contribution in [0.3, 0.4) is 0 Å². The second kappa shape index (κ2) is 8.30. The van der Waals surface area contributed by atoms with Crippen molar-refractivity contribution in [2.45, 2.75) is 33.6 Å². The highest BCUT2D eigenvalue weighted by Gasteiger charge is 2.30. The summed E-state index contributed by atoms with van der Waals surface area (Å²) >= 11 is 0. The van der Waals surface area contributed by atoms with Crippen LogP contribution >= 0.6 is 0 Å². The SMILES string of the molecule is CCOC(=O)COc1cc(C)c2c(c1)O/C(=C\c1ccc(C(C)C)cc1)C2=O. The lowest BCUT2D eigenvalue weighted by molar-refractivity contribution is -0.145. The maximum Gasteiger partial charge on any atom is 0.344 e. The maximum absolute atomic E-state index is 12.8. The molecule has 0 saturated heterocycles. The molecule has 1 heterocycles.